The number of allylic oxidation sites excluding steroid dienone is 2. The minimum atomic E-state index is -0.857. The first-order chi connectivity index (χ1) is 8.45. The molecule has 0 atom stereocenters. The van der Waals surface area contributed by atoms with E-state index in [2.05, 4.69) is 0 Å². The summed E-state index contributed by atoms with van der Waals surface area (Å²) in [6.07, 6.45) is 9.13. The maximum atomic E-state index is 10.5. The first-order valence-electron chi connectivity index (χ1n) is 6.25. The number of carboxylic acids is 2. The molecule has 0 aromatic rings. The van der Waals surface area contributed by atoms with Gasteiger partial charge in [-0.15, -0.1) is 0 Å². The fourth-order valence-corrected chi connectivity index (χ4v) is 1.45. The van der Waals surface area contributed by atoms with E-state index in [1.165, 1.54) is 0 Å². The van der Waals surface area contributed by atoms with Gasteiger partial charge in [-0.2, -0.15) is 0 Å². The summed E-state index contributed by atoms with van der Waals surface area (Å²) in [4.78, 5) is 21.0. The van der Waals surface area contributed by atoms with Gasteiger partial charge in [0.2, 0.25) is 0 Å². The van der Waals surface area contributed by atoms with Crippen molar-refractivity contribution in [3.8, 4) is 0 Å². The van der Waals surface area contributed by atoms with E-state index in [4.69, 9.17) is 10.2 Å². The van der Waals surface area contributed by atoms with Crippen LogP contribution in [0.3, 0.4) is 0 Å². The fraction of sp³-hybridized carbons (Fsp3) is 0.571. The number of hydrogen-bond acceptors (Lipinski definition) is 2. The SMILES string of the molecule is CC(=CCCCCCCC=C(C)C(=O)O)C(=O)O.[KH]. The van der Waals surface area contributed by atoms with E-state index in [0.717, 1.165) is 38.5 Å². The first kappa shape index (κ1) is 21.4. The summed E-state index contributed by atoms with van der Waals surface area (Å²) in [5.74, 6) is -1.71. The summed E-state index contributed by atoms with van der Waals surface area (Å²) in [7, 11) is 0. The molecule has 0 aliphatic rings. The van der Waals surface area contributed by atoms with Crippen molar-refractivity contribution < 1.29 is 19.8 Å². The molecule has 0 amide bonds. The molecule has 0 fully saturated rings. The van der Waals surface area contributed by atoms with Crippen molar-refractivity contribution in [2.45, 2.75) is 52.4 Å². The van der Waals surface area contributed by atoms with Crippen LogP contribution in [0.1, 0.15) is 52.4 Å². The monoisotopic (exact) mass is 294 g/mol. The third kappa shape index (κ3) is 12.8. The van der Waals surface area contributed by atoms with Crippen LogP contribution >= 0.6 is 0 Å². The Labute approximate surface area is 157 Å². The van der Waals surface area contributed by atoms with Crippen LogP contribution in [0.2, 0.25) is 0 Å². The molecule has 0 spiro atoms. The van der Waals surface area contributed by atoms with Gasteiger partial charge in [0.15, 0.2) is 0 Å². The zero-order valence-electron chi connectivity index (χ0n) is 11.1. The number of carboxylic acid groups (broad SMARTS) is 2. The van der Waals surface area contributed by atoms with Gasteiger partial charge in [-0.25, -0.2) is 9.59 Å². The third-order valence-corrected chi connectivity index (χ3v) is 2.73. The van der Waals surface area contributed by atoms with Crippen LogP contribution in [0, 0.1) is 0 Å². The molecular weight excluding hydrogens is 271 g/mol. The zero-order chi connectivity index (χ0) is 14.0. The summed E-state index contributed by atoms with van der Waals surface area (Å²) >= 11 is 0. The van der Waals surface area contributed by atoms with Crippen molar-refractivity contribution >= 4 is 63.3 Å². The van der Waals surface area contributed by atoms with Gasteiger partial charge < -0.3 is 10.2 Å². The summed E-state index contributed by atoms with van der Waals surface area (Å²) in [6.45, 7) is 3.20. The van der Waals surface area contributed by atoms with Gasteiger partial charge in [0.05, 0.1) is 0 Å². The predicted molar refractivity (Wildman–Crippen MR) is 77.6 cm³/mol. The van der Waals surface area contributed by atoms with E-state index >= 15 is 0 Å². The quantitative estimate of drug-likeness (QED) is 0.389. The van der Waals surface area contributed by atoms with Crippen LogP contribution in [-0.2, 0) is 9.59 Å². The average molecular weight is 294 g/mol. The molecule has 4 nitrogen and oxygen atoms in total. The van der Waals surface area contributed by atoms with Crippen LogP contribution in [-0.4, -0.2) is 73.5 Å². The van der Waals surface area contributed by atoms with Crippen LogP contribution in [0.25, 0.3) is 0 Å². The van der Waals surface area contributed by atoms with Crippen LogP contribution in [0.15, 0.2) is 23.3 Å². The fourth-order valence-electron chi connectivity index (χ4n) is 1.45. The zero-order valence-corrected chi connectivity index (χ0v) is 11.1. The second kappa shape index (κ2) is 13.1. The molecule has 5 heteroatoms. The molecule has 0 radical (unpaired) electrons. The van der Waals surface area contributed by atoms with Gasteiger partial charge in [-0.3, -0.25) is 0 Å². The molecule has 0 unspecified atom stereocenters. The van der Waals surface area contributed by atoms with Crippen molar-refractivity contribution in [2.75, 3.05) is 0 Å². The van der Waals surface area contributed by atoms with Crippen molar-refractivity contribution in [1.29, 1.82) is 0 Å². The van der Waals surface area contributed by atoms with Crippen molar-refractivity contribution in [1.82, 2.24) is 0 Å². The number of unbranched alkanes of at least 4 members (excludes halogenated alkanes) is 5. The number of carbonyl (C=O) groups is 2. The Morgan fingerprint density at radius 2 is 1.11 bits per heavy atom. The Balaban J connectivity index is 0. The van der Waals surface area contributed by atoms with Crippen molar-refractivity contribution in [2.24, 2.45) is 0 Å². The Kier molecular flexibility index (Phi) is 14.7. The molecule has 0 aromatic heterocycles. The van der Waals surface area contributed by atoms with E-state index in [0.29, 0.717) is 11.1 Å². The first-order valence-corrected chi connectivity index (χ1v) is 6.25. The van der Waals surface area contributed by atoms with E-state index in [1.54, 1.807) is 26.0 Å². The minimum absolute atomic E-state index is 0. The molecular formula is C14H23KO4. The molecule has 0 saturated heterocycles. The van der Waals surface area contributed by atoms with Crippen molar-refractivity contribution in [3.63, 3.8) is 0 Å². The van der Waals surface area contributed by atoms with E-state index in [-0.39, 0.29) is 51.4 Å². The molecule has 0 aliphatic heterocycles. The van der Waals surface area contributed by atoms with E-state index < -0.39 is 11.9 Å². The summed E-state index contributed by atoms with van der Waals surface area (Å²) in [5.41, 5.74) is 0.796. The Morgan fingerprint density at radius 1 is 0.789 bits per heavy atom. The molecule has 19 heavy (non-hydrogen) atoms. The molecule has 0 bridgehead atoms. The van der Waals surface area contributed by atoms with Gasteiger partial charge in [-0.1, -0.05) is 25.0 Å². The number of hydrogen-bond donors (Lipinski definition) is 2. The molecule has 0 saturated carbocycles. The second-order valence-corrected chi connectivity index (χ2v) is 4.38. The second-order valence-electron chi connectivity index (χ2n) is 4.38. The molecule has 0 rings (SSSR count). The van der Waals surface area contributed by atoms with E-state index in [9.17, 15) is 9.59 Å². The predicted octanol–water partition coefficient (Wildman–Crippen LogP) is 2.74. The Hall–Kier alpha value is 0.0564. The van der Waals surface area contributed by atoms with Crippen LogP contribution in [0.5, 0.6) is 0 Å². The maximum absolute atomic E-state index is 10.5. The van der Waals surface area contributed by atoms with E-state index in [1.807, 2.05) is 0 Å². The molecule has 2 N–H and O–H groups in total. The average Bonchev–Trinajstić information content (AvgIpc) is 2.31. The molecule has 0 aromatic carbocycles. The molecule has 0 heterocycles. The molecule has 0 aliphatic carbocycles. The van der Waals surface area contributed by atoms with Gasteiger partial charge in [0.25, 0.3) is 0 Å². The Bertz CT molecular complexity index is 311. The normalized spacial score (nSPS) is 11.9. The summed E-state index contributed by atoms with van der Waals surface area (Å²) < 4.78 is 0. The number of rotatable bonds is 9. The third-order valence-electron chi connectivity index (χ3n) is 2.73. The summed E-state index contributed by atoms with van der Waals surface area (Å²) in [6, 6.07) is 0. The standard InChI is InChI=1S/C14H22O4.K.H/c1-11(13(15)16)9-7-5-3-4-6-8-10-12(2)14(17)18;;/h9-10H,3-8H2,1-2H3,(H,15,16)(H,17,18);;. The van der Waals surface area contributed by atoms with Crippen LogP contribution in [0.4, 0.5) is 0 Å². The van der Waals surface area contributed by atoms with Gasteiger partial charge >= 0.3 is 63.3 Å². The van der Waals surface area contributed by atoms with Gasteiger partial charge in [-0.05, 0) is 39.5 Å². The van der Waals surface area contributed by atoms with Gasteiger partial charge in [0, 0.05) is 11.1 Å². The Morgan fingerprint density at radius 3 is 1.37 bits per heavy atom. The molecule has 104 valence electrons. The van der Waals surface area contributed by atoms with Gasteiger partial charge in [0.1, 0.15) is 0 Å². The summed E-state index contributed by atoms with van der Waals surface area (Å²) in [5, 5.41) is 17.3. The topological polar surface area (TPSA) is 74.6 Å². The van der Waals surface area contributed by atoms with Crippen molar-refractivity contribution in [3.05, 3.63) is 23.3 Å². The van der Waals surface area contributed by atoms with Crippen LogP contribution < -0.4 is 0 Å². The number of aliphatic carboxylic acids is 2.